The van der Waals surface area contributed by atoms with Gasteiger partial charge in [0.2, 0.25) is 5.82 Å². The van der Waals surface area contributed by atoms with Crippen LogP contribution in [0, 0.1) is 15.9 Å². The van der Waals surface area contributed by atoms with E-state index in [2.05, 4.69) is 17.1 Å². The molecule has 1 N–H and O–H groups in total. The van der Waals surface area contributed by atoms with Gasteiger partial charge in [-0.1, -0.05) is 6.07 Å². The maximum Gasteiger partial charge on any atom is 0.304 e. The molecule has 5 nitrogen and oxygen atoms in total. The largest absolute Gasteiger partial charge is 0.312 e. The summed E-state index contributed by atoms with van der Waals surface area (Å²) in [5.41, 5.74) is 0.305. The first-order chi connectivity index (χ1) is 8.56. The van der Waals surface area contributed by atoms with Gasteiger partial charge in [0, 0.05) is 38.3 Å². The third kappa shape index (κ3) is 3.02. The number of nitrogens with zero attached hydrogens (tertiary/aromatic N) is 2. The van der Waals surface area contributed by atoms with E-state index in [-0.39, 0.29) is 0 Å². The molecule has 1 aromatic carbocycles. The Kier molecular flexibility index (Phi) is 3.88. The van der Waals surface area contributed by atoms with Gasteiger partial charge in [-0.15, -0.1) is 0 Å². The number of nitro benzene ring substituents is 1. The van der Waals surface area contributed by atoms with Crippen LogP contribution in [-0.4, -0.2) is 35.5 Å². The molecule has 1 fully saturated rings. The summed E-state index contributed by atoms with van der Waals surface area (Å²) in [5.74, 6) is -0.763. The summed E-state index contributed by atoms with van der Waals surface area (Å²) in [6, 6.07) is 4.52. The Labute approximate surface area is 105 Å². The highest BCUT2D eigenvalue weighted by atomic mass is 19.1. The number of hydrogen-bond donors (Lipinski definition) is 1. The Morgan fingerprint density at radius 2 is 2.39 bits per heavy atom. The topological polar surface area (TPSA) is 58.4 Å². The molecule has 1 heterocycles. The van der Waals surface area contributed by atoms with Gasteiger partial charge in [0.15, 0.2) is 0 Å². The summed E-state index contributed by atoms with van der Waals surface area (Å²) in [5, 5.41) is 13.8. The molecule has 1 aliphatic heterocycles. The summed E-state index contributed by atoms with van der Waals surface area (Å²) in [6.45, 7) is 5.45. The normalized spacial score (nSPS) is 20.9. The van der Waals surface area contributed by atoms with Crippen molar-refractivity contribution in [3.63, 3.8) is 0 Å². The third-order valence-electron chi connectivity index (χ3n) is 3.07. The smallest absolute Gasteiger partial charge is 0.304 e. The standard InChI is InChI=1S/C12H16FN3O2/c1-9-7-15(5-4-14-9)8-10-2-3-12(16(17)18)11(13)6-10/h2-3,6,9,14H,4-5,7-8H2,1H3. The van der Waals surface area contributed by atoms with Crippen molar-refractivity contribution in [1.82, 2.24) is 10.2 Å². The first-order valence-electron chi connectivity index (χ1n) is 5.95. The molecule has 1 aliphatic rings. The molecule has 0 amide bonds. The summed E-state index contributed by atoms with van der Waals surface area (Å²) < 4.78 is 13.5. The van der Waals surface area contributed by atoms with Gasteiger partial charge >= 0.3 is 5.69 Å². The van der Waals surface area contributed by atoms with E-state index in [4.69, 9.17) is 0 Å². The Hall–Kier alpha value is -1.53. The van der Waals surface area contributed by atoms with E-state index in [1.165, 1.54) is 12.1 Å². The molecule has 2 rings (SSSR count). The van der Waals surface area contributed by atoms with Crippen LogP contribution in [0.25, 0.3) is 0 Å². The Balaban J connectivity index is 2.05. The zero-order chi connectivity index (χ0) is 13.1. The predicted octanol–water partition coefficient (Wildman–Crippen LogP) is 1.53. The van der Waals surface area contributed by atoms with Crippen LogP contribution < -0.4 is 5.32 Å². The summed E-state index contributed by atoms with van der Waals surface area (Å²) >= 11 is 0. The van der Waals surface area contributed by atoms with Crippen LogP contribution in [0.4, 0.5) is 10.1 Å². The average molecular weight is 253 g/mol. The molecule has 0 bridgehead atoms. The number of nitro groups is 1. The van der Waals surface area contributed by atoms with Crippen molar-refractivity contribution in [2.75, 3.05) is 19.6 Å². The molecule has 1 atom stereocenters. The number of halogens is 1. The number of benzene rings is 1. The maximum absolute atomic E-state index is 13.5. The van der Waals surface area contributed by atoms with E-state index < -0.39 is 16.4 Å². The summed E-state index contributed by atoms with van der Waals surface area (Å²) in [6.07, 6.45) is 0. The number of hydrogen-bond acceptors (Lipinski definition) is 4. The fraction of sp³-hybridized carbons (Fsp3) is 0.500. The number of nitrogens with one attached hydrogen (secondary N) is 1. The lowest BCUT2D eigenvalue weighted by molar-refractivity contribution is -0.387. The van der Waals surface area contributed by atoms with Crippen LogP contribution in [0.15, 0.2) is 18.2 Å². The first kappa shape index (κ1) is 12.9. The van der Waals surface area contributed by atoms with E-state index in [0.717, 1.165) is 25.2 Å². The fourth-order valence-corrected chi connectivity index (χ4v) is 2.21. The zero-order valence-electron chi connectivity index (χ0n) is 10.2. The van der Waals surface area contributed by atoms with E-state index in [9.17, 15) is 14.5 Å². The SMILES string of the molecule is CC1CN(Cc2ccc([N+](=O)[O-])c(F)c2)CCN1. The molecule has 0 spiro atoms. The zero-order valence-corrected chi connectivity index (χ0v) is 10.2. The molecule has 1 saturated heterocycles. The molecule has 0 aliphatic carbocycles. The van der Waals surface area contributed by atoms with Crippen LogP contribution in [0.5, 0.6) is 0 Å². The minimum absolute atomic E-state index is 0.418. The molecular formula is C12H16FN3O2. The molecule has 0 saturated carbocycles. The van der Waals surface area contributed by atoms with Gasteiger partial charge in [-0.05, 0) is 18.6 Å². The van der Waals surface area contributed by atoms with E-state index >= 15 is 0 Å². The highest BCUT2D eigenvalue weighted by molar-refractivity contribution is 5.35. The highest BCUT2D eigenvalue weighted by Crippen LogP contribution is 2.19. The van der Waals surface area contributed by atoms with Gasteiger partial charge in [0.1, 0.15) is 0 Å². The van der Waals surface area contributed by atoms with Crippen LogP contribution in [0.1, 0.15) is 12.5 Å². The van der Waals surface area contributed by atoms with E-state index in [1.54, 1.807) is 6.07 Å². The lowest BCUT2D eigenvalue weighted by atomic mass is 10.1. The molecule has 18 heavy (non-hydrogen) atoms. The first-order valence-corrected chi connectivity index (χ1v) is 5.95. The van der Waals surface area contributed by atoms with Crippen LogP contribution in [-0.2, 0) is 6.54 Å². The van der Waals surface area contributed by atoms with Crippen molar-refractivity contribution in [1.29, 1.82) is 0 Å². The summed E-state index contributed by atoms with van der Waals surface area (Å²) in [4.78, 5) is 12.0. The second-order valence-electron chi connectivity index (χ2n) is 4.63. The van der Waals surface area contributed by atoms with E-state index in [1.807, 2.05) is 0 Å². The van der Waals surface area contributed by atoms with Crippen molar-refractivity contribution >= 4 is 5.69 Å². The number of piperazine rings is 1. The maximum atomic E-state index is 13.5. The van der Waals surface area contributed by atoms with Gasteiger partial charge in [-0.2, -0.15) is 4.39 Å². The lowest BCUT2D eigenvalue weighted by Crippen LogP contribution is -2.48. The second kappa shape index (κ2) is 5.41. The predicted molar refractivity (Wildman–Crippen MR) is 65.8 cm³/mol. The second-order valence-corrected chi connectivity index (χ2v) is 4.63. The average Bonchev–Trinajstić information content (AvgIpc) is 2.28. The molecule has 1 unspecified atom stereocenters. The molecule has 1 aromatic rings. The summed E-state index contributed by atoms with van der Waals surface area (Å²) in [7, 11) is 0. The van der Waals surface area contributed by atoms with Crippen molar-refractivity contribution in [2.24, 2.45) is 0 Å². The van der Waals surface area contributed by atoms with Crippen LogP contribution in [0.2, 0.25) is 0 Å². The Morgan fingerprint density at radius 1 is 1.61 bits per heavy atom. The van der Waals surface area contributed by atoms with Crippen molar-refractivity contribution < 1.29 is 9.31 Å². The molecule has 98 valence electrons. The van der Waals surface area contributed by atoms with Crippen LogP contribution in [0.3, 0.4) is 0 Å². The van der Waals surface area contributed by atoms with Gasteiger partial charge in [-0.3, -0.25) is 15.0 Å². The molecule has 0 radical (unpaired) electrons. The van der Waals surface area contributed by atoms with Gasteiger partial charge in [-0.25, -0.2) is 0 Å². The van der Waals surface area contributed by atoms with Gasteiger partial charge in [0.25, 0.3) is 0 Å². The fourth-order valence-electron chi connectivity index (χ4n) is 2.21. The molecule has 6 heteroatoms. The third-order valence-corrected chi connectivity index (χ3v) is 3.07. The quantitative estimate of drug-likeness (QED) is 0.655. The van der Waals surface area contributed by atoms with Crippen molar-refractivity contribution in [2.45, 2.75) is 19.5 Å². The Morgan fingerprint density at radius 3 is 3.00 bits per heavy atom. The van der Waals surface area contributed by atoms with Gasteiger partial charge in [0.05, 0.1) is 4.92 Å². The van der Waals surface area contributed by atoms with Crippen LogP contribution >= 0.6 is 0 Å². The Bertz CT molecular complexity index is 453. The van der Waals surface area contributed by atoms with Gasteiger partial charge < -0.3 is 5.32 Å². The molecular weight excluding hydrogens is 237 g/mol. The number of rotatable bonds is 3. The lowest BCUT2D eigenvalue weighted by Gasteiger charge is -2.31. The minimum Gasteiger partial charge on any atom is -0.312 e. The minimum atomic E-state index is -0.763. The monoisotopic (exact) mass is 253 g/mol. The van der Waals surface area contributed by atoms with Crippen molar-refractivity contribution in [3.8, 4) is 0 Å². The van der Waals surface area contributed by atoms with Crippen molar-refractivity contribution in [3.05, 3.63) is 39.7 Å². The van der Waals surface area contributed by atoms with E-state index in [0.29, 0.717) is 12.6 Å². The molecule has 0 aromatic heterocycles. The highest BCUT2D eigenvalue weighted by Gasteiger charge is 2.18.